The maximum atomic E-state index is 13.4. The number of hydrogen-bond donors (Lipinski definition) is 0. The van der Waals surface area contributed by atoms with Crippen LogP contribution in [-0.4, -0.2) is 61.1 Å². The number of aryl methyl sites for hydroxylation is 1. The molecule has 138 valence electrons. The van der Waals surface area contributed by atoms with Crippen LogP contribution >= 0.6 is 0 Å². The molecule has 0 bridgehead atoms. The third-order valence-electron chi connectivity index (χ3n) is 5.41. The number of amides is 1. The monoisotopic (exact) mass is 348 g/mol. The second-order valence-electron chi connectivity index (χ2n) is 7.24. The lowest BCUT2D eigenvalue weighted by atomic mass is 9.97. The van der Waals surface area contributed by atoms with Gasteiger partial charge in [0, 0.05) is 32.2 Å². The number of morpholine rings is 1. The van der Waals surface area contributed by atoms with Crippen LogP contribution in [0.15, 0.2) is 18.2 Å². The van der Waals surface area contributed by atoms with Gasteiger partial charge in [0.2, 0.25) is 5.91 Å². The maximum absolute atomic E-state index is 13.4. The Labute approximate surface area is 149 Å². The van der Waals surface area contributed by atoms with Crippen molar-refractivity contribution in [3.8, 4) is 0 Å². The number of nitrogens with zero attached hydrogens (tertiary/aromatic N) is 2. The smallest absolute Gasteiger partial charge is 0.227 e. The van der Waals surface area contributed by atoms with Crippen LogP contribution in [0.3, 0.4) is 0 Å². The number of likely N-dealkylation sites (tertiary alicyclic amines) is 1. The van der Waals surface area contributed by atoms with Gasteiger partial charge in [-0.1, -0.05) is 12.1 Å². The van der Waals surface area contributed by atoms with Crippen LogP contribution in [0.2, 0.25) is 0 Å². The van der Waals surface area contributed by atoms with E-state index in [0.29, 0.717) is 18.0 Å². The maximum Gasteiger partial charge on any atom is 0.227 e. The van der Waals surface area contributed by atoms with Gasteiger partial charge >= 0.3 is 0 Å². The Hall–Kier alpha value is -1.46. The second-order valence-corrected chi connectivity index (χ2v) is 7.24. The third-order valence-corrected chi connectivity index (χ3v) is 5.41. The van der Waals surface area contributed by atoms with Crippen LogP contribution in [0, 0.1) is 12.7 Å². The van der Waals surface area contributed by atoms with Crippen molar-refractivity contribution >= 4 is 5.91 Å². The minimum atomic E-state index is -0.211. The van der Waals surface area contributed by atoms with Gasteiger partial charge in [0.1, 0.15) is 5.82 Å². The third kappa shape index (κ3) is 5.02. The molecule has 4 nitrogen and oxygen atoms in total. The Bertz CT molecular complexity index is 587. The Morgan fingerprint density at radius 2 is 2.04 bits per heavy atom. The molecule has 2 fully saturated rings. The topological polar surface area (TPSA) is 32.8 Å². The molecule has 1 amide bonds. The highest BCUT2D eigenvalue weighted by Crippen LogP contribution is 2.22. The summed E-state index contributed by atoms with van der Waals surface area (Å²) in [5, 5.41) is 0. The summed E-state index contributed by atoms with van der Waals surface area (Å²) in [6, 6.07) is 5.32. The second kappa shape index (κ2) is 8.77. The van der Waals surface area contributed by atoms with Crippen LogP contribution in [0.5, 0.6) is 0 Å². The summed E-state index contributed by atoms with van der Waals surface area (Å²) in [5.74, 6) is -0.0322. The lowest BCUT2D eigenvalue weighted by molar-refractivity contribution is -0.134. The number of ether oxygens (including phenoxy) is 1. The first-order valence-corrected chi connectivity index (χ1v) is 9.48. The number of rotatable bonds is 5. The van der Waals surface area contributed by atoms with Gasteiger partial charge in [0.15, 0.2) is 0 Å². The van der Waals surface area contributed by atoms with Crippen molar-refractivity contribution in [1.82, 2.24) is 9.80 Å². The first-order valence-electron chi connectivity index (χ1n) is 9.48. The summed E-state index contributed by atoms with van der Waals surface area (Å²) in [7, 11) is 0. The van der Waals surface area contributed by atoms with Crippen molar-refractivity contribution in [1.29, 1.82) is 0 Å². The average molecular weight is 348 g/mol. The molecule has 25 heavy (non-hydrogen) atoms. The quantitative estimate of drug-likeness (QED) is 0.820. The van der Waals surface area contributed by atoms with Crippen molar-refractivity contribution in [3.63, 3.8) is 0 Å². The van der Waals surface area contributed by atoms with Crippen LogP contribution < -0.4 is 0 Å². The summed E-state index contributed by atoms with van der Waals surface area (Å²) in [6.45, 7) is 7.26. The van der Waals surface area contributed by atoms with Gasteiger partial charge in [0.05, 0.1) is 19.6 Å². The van der Waals surface area contributed by atoms with E-state index in [1.165, 1.54) is 12.5 Å². The van der Waals surface area contributed by atoms with Gasteiger partial charge in [-0.15, -0.1) is 0 Å². The Kier molecular flexibility index (Phi) is 6.43. The molecule has 0 aliphatic carbocycles. The van der Waals surface area contributed by atoms with Gasteiger partial charge in [-0.05, 0) is 49.8 Å². The molecular weight excluding hydrogens is 319 g/mol. The van der Waals surface area contributed by atoms with Gasteiger partial charge in [-0.25, -0.2) is 4.39 Å². The van der Waals surface area contributed by atoms with Gasteiger partial charge < -0.3 is 9.64 Å². The zero-order valence-electron chi connectivity index (χ0n) is 15.2. The van der Waals surface area contributed by atoms with E-state index in [4.69, 9.17) is 4.74 Å². The average Bonchev–Trinajstić information content (AvgIpc) is 2.64. The molecular formula is C20H29FN2O2. The van der Waals surface area contributed by atoms with E-state index in [1.54, 1.807) is 19.1 Å². The lowest BCUT2D eigenvalue weighted by Gasteiger charge is -2.37. The van der Waals surface area contributed by atoms with Crippen LogP contribution in [0.1, 0.15) is 36.8 Å². The van der Waals surface area contributed by atoms with E-state index < -0.39 is 0 Å². The zero-order chi connectivity index (χ0) is 17.6. The van der Waals surface area contributed by atoms with Crippen LogP contribution in [0.4, 0.5) is 4.39 Å². The standard InChI is InChI=1S/C20H29FN2O2/c1-16-14-17(5-6-19(16)21)15-20(24)23-8-3-2-4-18(23)7-9-22-10-12-25-13-11-22/h5-6,14,18H,2-4,7-13,15H2,1H3/t18-/m1/s1. The molecule has 2 aliphatic rings. The zero-order valence-corrected chi connectivity index (χ0v) is 15.2. The van der Waals surface area contributed by atoms with E-state index in [-0.39, 0.29) is 11.7 Å². The summed E-state index contributed by atoms with van der Waals surface area (Å²) in [4.78, 5) is 17.3. The normalized spacial score (nSPS) is 22.2. The molecule has 0 aromatic heterocycles. The number of piperidine rings is 1. The number of benzene rings is 1. The molecule has 0 spiro atoms. The Morgan fingerprint density at radius 1 is 1.24 bits per heavy atom. The first-order chi connectivity index (χ1) is 12.1. The van der Waals surface area contributed by atoms with E-state index in [9.17, 15) is 9.18 Å². The van der Waals surface area contributed by atoms with E-state index >= 15 is 0 Å². The molecule has 2 heterocycles. The van der Waals surface area contributed by atoms with E-state index in [1.807, 2.05) is 0 Å². The van der Waals surface area contributed by atoms with Crippen LogP contribution in [-0.2, 0) is 16.0 Å². The number of hydrogen-bond acceptors (Lipinski definition) is 3. The molecule has 1 aromatic rings. The summed E-state index contributed by atoms with van der Waals surface area (Å²) >= 11 is 0. The van der Waals surface area contributed by atoms with Gasteiger partial charge in [-0.2, -0.15) is 0 Å². The summed E-state index contributed by atoms with van der Waals surface area (Å²) in [6.07, 6.45) is 4.79. The number of halogens is 1. The molecule has 3 rings (SSSR count). The van der Waals surface area contributed by atoms with Crippen molar-refractivity contribution in [2.45, 2.75) is 45.1 Å². The predicted octanol–water partition coefficient (Wildman–Crippen LogP) is 2.78. The predicted molar refractivity (Wildman–Crippen MR) is 96.1 cm³/mol. The van der Waals surface area contributed by atoms with Crippen molar-refractivity contribution < 1.29 is 13.9 Å². The minimum absolute atomic E-state index is 0.178. The molecule has 0 radical (unpaired) electrons. The SMILES string of the molecule is Cc1cc(CC(=O)N2CCCC[C@@H]2CCN2CCOCC2)ccc1F. The largest absolute Gasteiger partial charge is 0.379 e. The van der Waals surface area contributed by atoms with Gasteiger partial charge in [-0.3, -0.25) is 9.69 Å². The van der Waals surface area contributed by atoms with E-state index in [2.05, 4.69) is 9.80 Å². The van der Waals surface area contributed by atoms with Crippen LogP contribution in [0.25, 0.3) is 0 Å². The number of carbonyl (C=O) groups excluding carboxylic acids is 1. The molecule has 1 aromatic carbocycles. The summed E-state index contributed by atoms with van der Waals surface area (Å²) in [5.41, 5.74) is 1.51. The Morgan fingerprint density at radius 3 is 2.80 bits per heavy atom. The fraction of sp³-hybridized carbons (Fsp3) is 0.650. The minimum Gasteiger partial charge on any atom is -0.379 e. The highest BCUT2D eigenvalue weighted by molar-refractivity contribution is 5.79. The van der Waals surface area contributed by atoms with Crippen molar-refractivity contribution in [2.75, 3.05) is 39.4 Å². The highest BCUT2D eigenvalue weighted by atomic mass is 19.1. The fourth-order valence-corrected chi connectivity index (χ4v) is 3.88. The first kappa shape index (κ1) is 18.3. The van der Waals surface area contributed by atoms with E-state index in [0.717, 1.165) is 64.2 Å². The Balaban J connectivity index is 1.57. The van der Waals surface area contributed by atoms with Crippen molar-refractivity contribution in [3.05, 3.63) is 35.1 Å². The number of carbonyl (C=O) groups is 1. The molecule has 1 atom stereocenters. The molecule has 2 saturated heterocycles. The van der Waals surface area contributed by atoms with Crippen molar-refractivity contribution in [2.24, 2.45) is 0 Å². The molecule has 0 unspecified atom stereocenters. The lowest BCUT2D eigenvalue weighted by Crippen LogP contribution is -2.46. The van der Waals surface area contributed by atoms with Gasteiger partial charge in [0.25, 0.3) is 0 Å². The highest BCUT2D eigenvalue weighted by Gasteiger charge is 2.27. The molecule has 0 saturated carbocycles. The molecule has 0 N–H and O–H groups in total. The molecule has 5 heteroatoms. The molecule has 2 aliphatic heterocycles. The fourth-order valence-electron chi connectivity index (χ4n) is 3.88. The summed E-state index contributed by atoms with van der Waals surface area (Å²) < 4.78 is 18.8.